The summed E-state index contributed by atoms with van der Waals surface area (Å²) >= 11 is 0.913. The fraction of sp³-hybridized carbons (Fsp3) is 0.286. The lowest BCUT2D eigenvalue weighted by atomic mass is 10.2. The van der Waals surface area contributed by atoms with Crippen LogP contribution in [0.4, 0.5) is 10.5 Å². The fourth-order valence-corrected chi connectivity index (χ4v) is 2.87. The molecule has 1 saturated heterocycles. The molecule has 10 heteroatoms. The smallest absolute Gasteiger partial charge is 0.313 e. The molecule has 0 aliphatic carbocycles. The molecule has 2 N–H and O–H groups in total. The van der Waals surface area contributed by atoms with Crippen LogP contribution in [0.2, 0.25) is 0 Å². The van der Waals surface area contributed by atoms with Crippen LogP contribution in [0.1, 0.15) is 0 Å². The summed E-state index contributed by atoms with van der Waals surface area (Å²) in [7, 11) is 0. The van der Waals surface area contributed by atoms with E-state index in [0.717, 1.165) is 16.7 Å². The Morgan fingerprint density at radius 1 is 1.17 bits per heavy atom. The first-order valence-electron chi connectivity index (χ1n) is 7.00. The number of nitrogens with zero attached hydrogens (tertiary/aromatic N) is 1. The van der Waals surface area contributed by atoms with Gasteiger partial charge in [0.2, 0.25) is 12.7 Å². The summed E-state index contributed by atoms with van der Waals surface area (Å²) in [5.74, 6) is -0.866. The normalized spacial score (nSPS) is 15.6. The van der Waals surface area contributed by atoms with E-state index in [4.69, 9.17) is 9.47 Å². The highest BCUT2D eigenvalue weighted by Gasteiger charge is 2.29. The van der Waals surface area contributed by atoms with Crippen molar-refractivity contribution in [2.75, 3.05) is 31.0 Å². The summed E-state index contributed by atoms with van der Waals surface area (Å²) in [5, 5.41) is 4.44. The molecule has 0 spiro atoms. The van der Waals surface area contributed by atoms with Gasteiger partial charge in [-0.1, -0.05) is 11.8 Å². The number of amides is 4. The summed E-state index contributed by atoms with van der Waals surface area (Å²) in [5.41, 5.74) is 0.390. The van der Waals surface area contributed by atoms with Crippen molar-refractivity contribution in [2.45, 2.75) is 0 Å². The zero-order valence-corrected chi connectivity index (χ0v) is 13.2. The third-order valence-electron chi connectivity index (χ3n) is 3.30. The lowest BCUT2D eigenvalue weighted by Gasteiger charge is -2.13. The van der Waals surface area contributed by atoms with Gasteiger partial charge < -0.3 is 20.1 Å². The zero-order valence-electron chi connectivity index (χ0n) is 12.4. The van der Waals surface area contributed by atoms with Gasteiger partial charge in [-0.3, -0.25) is 24.1 Å². The van der Waals surface area contributed by atoms with Crippen LogP contribution in [-0.4, -0.2) is 53.5 Å². The lowest BCUT2D eigenvalue weighted by molar-refractivity contribution is -0.136. The van der Waals surface area contributed by atoms with Crippen LogP contribution in [0.15, 0.2) is 18.2 Å². The Hall–Kier alpha value is -2.75. The van der Waals surface area contributed by atoms with E-state index in [2.05, 4.69) is 10.6 Å². The molecule has 0 unspecified atom stereocenters. The number of hydrogen-bond acceptors (Lipinski definition) is 7. The summed E-state index contributed by atoms with van der Waals surface area (Å²) < 4.78 is 10.3. The van der Waals surface area contributed by atoms with Crippen LogP contribution in [0.5, 0.6) is 11.5 Å². The lowest BCUT2D eigenvalue weighted by Crippen LogP contribution is -2.41. The minimum absolute atomic E-state index is 0.00539. The van der Waals surface area contributed by atoms with Crippen LogP contribution in [0.25, 0.3) is 0 Å². The molecule has 0 bridgehead atoms. The van der Waals surface area contributed by atoms with Crippen LogP contribution in [0.3, 0.4) is 0 Å². The largest absolute Gasteiger partial charge is 0.454 e. The highest BCUT2D eigenvalue weighted by atomic mass is 32.2. The summed E-state index contributed by atoms with van der Waals surface area (Å²) in [6, 6.07) is 4.75. The topological polar surface area (TPSA) is 114 Å². The number of ether oxygens (including phenoxy) is 2. The van der Waals surface area contributed by atoms with Gasteiger partial charge in [0.1, 0.15) is 0 Å². The first kappa shape index (κ1) is 16.1. The zero-order chi connectivity index (χ0) is 17.1. The van der Waals surface area contributed by atoms with Crippen LogP contribution in [0, 0.1) is 0 Å². The number of rotatable bonds is 4. The molecule has 4 amide bonds. The number of benzene rings is 1. The van der Waals surface area contributed by atoms with E-state index >= 15 is 0 Å². The van der Waals surface area contributed by atoms with Gasteiger partial charge in [0.05, 0.1) is 5.75 Å². The van der Waals surface area contributed by atoms with Crippen LogP contribution < -0.4 is 20.1 Å². The number of imide groups is 1. The maximum atomic E-state index is 11.8. The van der Waals surface area contributed by atoms with E-state index in [-0.39, 0.29) is 36.8 Å². The van der Waals surface area contributed by atoms with Crippen molar-refractivity contribution >= 4 is 40.4 Å². The first-order chi connectivity index (χ1) is 11.5. The molecule has 1 fully saturated rings. The van der Waals surface area contributed by atoms with E-state index in [1.807, 2.05) is 0 Å². The molecule has 1 aromatic rings. The van der Waals surface area contributed by atoms with E-state index in [0.29, 0.717) is 17.2 Å². The minimum atomic E-state index is -0.862. The monoisotopic (exact) mass is 351 g/mol. The second-order valence-electron chi connectivity index (χ2n) is 4.88. The Balaban J connectivity index is 1.47. The van der Waals surface area contributed by atoms with E-state index in [9.17, 15) is 19.2 Å². The Morgan fingerprint density at radius 3 is 2.71 bits per heavy atom. The summed E-state index contributed by atoms with van der Waals surface area (Å²) in [4.78, 5) is 47.4. The standard InChI is InChI=1S/C14H13N3O6S/c18-11-6-24-14(21)17(11)4-3-15-12(19)13(20)16-8-1-2-9-10(5-8)23-7-22-9/h1-2,5H,3-4,6-7H2,(H,15,19)(H,16,20). The molecular weight excluding hydrogens is 338 g/mol. The van der Waals surface area contributed by atoms with Crippen LogP contribution in [-0.2, 0) is 14.4 Å². The maximum Gasteiger partial charge on any atom is 0.313 e. The van der Waals surface area contributed by atoms with Gasteiger partial charge in [0.15, 0.2) is 11.5 Å². The van der Waals surface area contributed by atoms with Gasteiger partial charge in [-0.15, -0.1) is 0 Å². The predicted octanol–water partition coefficient (Wildman–Crippen LogP) is 0.165. The molecule has 2 heterocycles. The first-order valence-corrected chi connectivity index (χ1v) is 7.99. The molecule has 0 radical (unpaired) electrons. The SMILES string of the molecule is O=C(NCCN1C(=O)CSC1=O)C(=O)Nc1ccc2c(c1)OCO2. The quantitative estimate of drug-likeness (QED) is 0.743. The maximum absolute atomic E-state index is 11.8. The molecule has 0 saturated carbocycles. The van der Waals surface area contributed by atoms with Crippen molar-refractivity contribution in [1.29, 1.82) is 0 Å². The average molecular weight is 351 g/mol. The van der Waals surface area contributed by atoms with Gasteiger partial charge in [0, 0.05) is 24.8 Å². The van der Waals surface area contributed by atoms with E-state index in [1.165, 1.54) is 0 Å². The molecule has 0 atom stereocenters. The molecule has 3 rings (SSSR count). The second kappa shape index (κ2) is 6.79. The van der Waals surface area contributed by atoms with Gasteiger partial charge in [-0.25, -0.2) is 0 Å². The molecular formula is C14H13N3O6S. The van der Waals surface area contributed by atoms with E-state index in [1.54, 1.807) is 18.2 Å². The molecule has 24 heavy (non-hydrogen) atoms. The summed E-state index contributed by atoms with van der Waals surface area (Å²) in [6.45, 7) is 0.151. The number of carbonyl (C=O) groups excluding carboxylic acids is 4. The predicted molar refractivity (Wildman–Crippen MR) is 83.8 cm³/mol. The number of nitrogens with one attached hydrogen (secondary N) is 2. The number of hydrogen-bond donors (Lipinski definition) is 2. The van der Waals surface area contributed by atoms with Crippen molar-refractivity contribution in [3.05, 3.63) is 18.2 Å². The van der Waals surface area contributed by atoms with E-state index < -0.39 is 11.8 Å². The number of fused-ring (bicyclic) bond motifs is 1. The van der Waals surface area contributed by atoms with Crippen molar-refractivity contribution in [3.8, 4) is 11.5 Å². The summed E-state index contributed by atoms with van der Waals surface area (Å²) in [6.07, 6.45) is 0. The second-order valence-corrected chi connectivity index (χ2v) is 5.80. The van der Waals surface area contributed by atoms with Gasteiger partial charge in [-0.05, 0) is 12.1 Å². The minimum Gasteiger partial charge on any atom is -0.454 e. The number of thioether (sulfide) groups is 1. The highest BCUT2D eigenvalue weighted by Crippen LogP contribution is 2.34. The highest BCUT2D eigenvalue weighted by molar-refractivity contribution is 8.14. The Labute approximate surface area is 140 Å². The Morgan fingerprint density at radius 2 is 1.96 bits per heavy atom. The molecule has 0 aromatic heterocycles. The molecule has 2 aliphatic rings. The van der Waals surface area contributed by atoms with Crippen molar-refractivity contribution < 1.29 is 28.7 Å². The fourth-order valence-electron chi connectivity index (χ4n) is 2.12. The number of carbonyl (C=O) groups is 4. The molecule has 126 valence electrons. The third kappa shape index (κ3) is 3.43. The number of anilines is 1. The van der Waals surface area contributed by atoms with Gasteiger partial charge in [-0.2, -0.15) is 0 Å². The van der Waals surface area contributed by atoms with Gasteiger partial charge >= 0.3 is 11.8 Å². The van der Waals surface area contributed by atoms with Crippen molar-refractivity contribution in [1.82, 2.24) is 10.2 Å². The molecule has 9 nitrogen and oxygen atoms in total. The Kier molecular flexibility index (Phi) is 4.56. The van der Waals surface area contributed by atoms with Crippen LogP contribution >= 0.6 is 11.8 Å². The van der Waals surface area contributed by atoms with Crippen molar-refractivity contribution in [3.63, 3.8) is 0 Å². The molecule has 1 aromatic carbocycles. The van der Waals surface area contributed by atoms with Gasteiger partial charge in [0.25, 0.3) is 5.24 Å². The van der Waals surface area contributed by atoms with Crippen molar-refractivity contribution in [2.24, 2.45) is 0 Å². The average Bonchev–Trinajstić information content (AvgIpc) is 3.15. The molecule has 2 aliphatic heterocycles. The third-order valence-corrected chi connectivity index (χ3v) is 4.16. The Bertz CT molecular complexity index is 706.